The third kappa shape index (κ3) is 4.33. The van der Waals surface area contributed by atoms with E-state index in [0.29, 0.717) is 10.2 Å². The van der Waals surface area contributed by atoms with E-state index in [1.165, 1.54) is 16.8 Å². The molecule has 0 radical (unpaired) electrons. The fourth-order valence-corrected chi connectivity index (χ4v) is 4.98. The number of ether oxygens (including phenoxy) is 2. The van der Waals surface area contributed by atoms with Crippen molar-refractivity contribution < 1.29 is 14.3 Å². The van der Waals surface area contributed by atoms with Gasteiger partial charge in [-0.3, -0.25) is 10.2 Å². The number of aromatic nitrogens is 1. The minimum Gasteiger partial charge on any atom is -0.497 e. The molecular formula is C27H25N5O3S. The lowest BCUT2D eigenvalue weighted by Gasteiger charge is -2.20. The largest absolute Gasteiger partial charge is 0.497 e. The maximum Gasteiger partial charge on any atom is 0.283 e. The highest BCUT2D eigenvalue weighted by Gasteiger charge is 2.36. The zero-order valence-corrected chi connectivity index (χ0v) is 21.2. The summed E-state index contributed by atoms with van der Waals surface area (Å²) < 4.78 is 13.3. The number of aryl methyl sites for hydroxylation is 2. The molecule has 2 aromatic carbocycles. The SMILES string of the molecule is COc1cccc(-n2c(C)cc(/C=C3/C(=N)N4N=C(COc5ccccc5C)SC4=NC3=O)c2C)c1. The molecule has 1 aromatic heterocycles. The first-order valence-corrected chi connectivity index (χ1v) is 12.2. The smallest absolute Gasteiger partial charge is 0.283 e. The molecule has 2 aliphatic heterocycles. The summed E-state index contributed by atoms with van der Waals surface area (Å²) in [7, 11) is 1.64. The van der Waals surface area contributed by atoms with Crippen molar-refractivity contribution in [2.24, 2.45) is 10.1 Å². The van der Waals surface area contributed by atoms with Gasteiger partial charge in [0.25, 0.3) is 5.91 Å². The number of hydrazone groups is 1. The van der Waals surface area contributed by atoms with Crippen LogP contribution in [0.25, 0.3) is 11.8 Å². The first-order valence-electron chi connectivity index (χ1n) is 11.4. The van der Waals surface area contributed by atoms with Crippen LogP contribution in [0.1, 0.15) is 22.5 Å². The lowest BCUT2D eigenvalue weighted by atomic mass is 10.1. The third-order valence-electron chi connectivity index (χ3n) is 6.02. The van der Waals surface area contributed by atoms with Crippen LogP contribution in [0, 0.1) is 26.2 Å². The molecule has 2 aliphatic rings. The molecule has 36 heavy (non-hydrogen) atoms. The molecule has 1 N–H and O–H groups in total. The lowest BCUT2D eigenvalue weighted by Crippen LogP contribution is -2.35. The summed E-state index contributed by atoms with van der Waals surface area (Å²) in [5.74, 6) is 1.07. The van der Waals surface area contributed by atoms with Gasteiger partial charge in [0.05, 0.1) is 12.7 Å². The van der Waals surface area contributed by atoms with Crippen molar-refractivity contribution in [2.75, 3.05) is 13.7 Å². The van der Waals surface area contributed by atoms with Crippen LogP contribution < -0.4 is 9.47 Å². The monoisotopic (exact) mass is 499 g/mol. The summed E-state index contributed by atoms with van der Waals surface area (Å²) in [4.78, 5) is 17.1. The summed E-state index contributed by atoms with van der Waals surface area (Å²) in [6.07, 6.45) is 1.71. The molecule has 0 saturated carbocycles. The Morgan fingerprint density at radius 3 is 2.67 bits per heavy atom. The van der Waals surface area contributed by atoms with Gasteiger partial charge in [-0.2, -0.15) is 15.1 Å². The third-order valence-corrected chi connectivity index (χ3v) is 6.90. The van der Waals surface area contributed by atoms with Crippen molar-refractivity contribution in [3.05, 3.63) is 82.7 Å². The van der Waals surface area contributed by atoms with Crippen molar-refractivity contribution in [3.8, 4) is 17.2 Å². The fourth-order valence-electron chi connectivity index (χ4n) is 4.18. The standard InChI is InChI=1S/C27H25N5O3S/c1-16-8-5-6-11-23(16)35-15-24-30-32-25(28)22(26(33)29-27(32)36-24)13-19-12-17(2)31(18(19)3)20-9-7-10-21(14-20)34-4/h5-14,28H,15H2,1-4H3/b22-13-,28-25?. The van der Waals surface area contributed by atoms with E-state index in [0.717, 1.165) is 39.7 Å². The Labute approximate surface area is 213 Å². The molecule has 0 atom stereocenters. The summed E-state index contributed by atoms with van der Waals surface area (Å²) >= 11 is 1.24. The number of aliphatic imine (C=N–C) groups is 1. The summed E-state index contributed by atoms with van der Waals surface area (Å²) in [6, 6.07) is 17.5. The van der Waals surface area contributed by atoms with Crippen LogP contribution in [0.3, 0.4) is 0 Å². The molecule has 0 aliphatic carbocycles. The number of fused-ring (bicyclic) bond motifs is 1. The zero-order valence-electron chi connectivity index (χ0n) is 20.4. The normalized spacial score (nSPS) is 16.2. The molecule has 1 amide bonds. The lowest BCUT2D eigenvalue weighted by molar-refractivity contribution is -0.114. The Hall–Kier alpha value is -4.11. The molecule has 8 nitrogen and oxygen atoms in total. The van der Waals surface area contributed by atoms with Gasteiger partial charge in [0.15, 0.2) is 5.84 Å². The summed E-state index contributed by atoms with van der Waals surface area (Å²) in [5, 5.41) is 15.6. The van der Waals surface area contributed by atoms with E-state index in [1.807, 2.05) is 75.4 Å². The van der Waals surface area contributed by atoms with Crippen molar-refractivity contribution in [1.29, 1.82) is 5.41 Å². The van der Waals surface area contributed by atoms with E-state index < -0.39 is 5.91 Å². The van der Waals surface area contributed by atoms with Crippen LogP contribution in [0.2, 0.25) is 0 Å². The minimum absolute atomic E-state index is 0.00502. The number of amides is 1. The number of carbonyl (C=O) groups is 1. The van der Waals surface area contributed by atoms with Crippen molar-refractivity contribution in [1.82, 2.24) is 9.58 Å². The second kappa shape index (κ2) is 9.50. The van der Waals surface area contributed by atoms with Crippen LogP contribution in [-0.2, 0) is 4.79 Å². The Morgan fingerprint density at radius 2 is 1.89 bits per heavy atom. The Kier molecular flexibility index (Phi) is 6.24. The highest BCUT2D eigenvalue weighted by molar-refractivity contribution is 8.27. The number of hydrogen-bond acceptors (Lipinski definition) is 6. The molecule has 0 fully saturated rings. The van der Waals surface area contributed by atoms with Gasteiger partial charge < -0.3 is 14.0 Å². The molecule has 0 spiro atoms. The van der Waals surface area contributed by atoms with E-state index in [1.54, 1.807) is 13.2 Å². The summed E-state index contributed by atoms with van der Waals surface area (Å²) in [6.45, 7) is 6.19. The van der Waals surface area contributed by atoms with Crippen LogP contribution in [0.4, 0.5) is 0 Å². The number of benzene rings is 2. The van der Waals surface area contributed by atoms with Crippen LogP contribution in [-0.4, -0.2) is 45.2 Å². The molecule has 182 valence electrons. The Balaban J connectivity index is 1.41. The predicted molar refractivity (Wildman–Crippen MR) is 143 cm³/mol. The quantitative estimate of drug-likeness (QED) is 0.476. The Morgan fingerprint density at radius 1 is 1.08 bits per heavy atom. The van der Waals surface area contributed by atoms with Gasteiger partial charge in [-0.05, 0) is 74.0 Å². The maximum absolute atomic E-state index is 12.9. The van der Waals surface area contributed by atoms with Gasteiger partial charge >= 0.3 is 0 Å². The maximum atomic E-state index is 12.9. The van der Waals surface area contributed by atoms with Crippen molar-refractivity contribution >= 4 is 39.8 Å². The van der Waals surface area contributed by atoms with Gasteiger partial charge in [-0.25, -0.2) is 0 Å². The highest BCUT2D eigenvalue weighted by Crippen LogP contribution is 2.31. The number of carbonyl (C=O) groups excluding carboxylic acids is 1. The van der Waals surface area contributed by atoms with Crippen molar-refractivity contribution in [3.63, 3.8) is 0 Å². The molecule has 0 unspecified atom stereocenters. The first-order chi connectivity index (χ1) is 17.4. The van der Waals surface area contributed by atoms with Crippen LogP contribution in [0.15, 0.2) is 70.3 Å². The molecule has 0 saturated heterocycles. The second-order valence-corrected chi connectivity index (χ2v) is 9.47. The zero-order chi connectivity index (χ0) is 25.4. The number of para-hydroxylation sites is 1. The van der Waals surface area contributed by atoms with Gasteiger partial charge in [0.2, 0.25) is 5.17 Å². The molecular weight excluding hydrogens is 474 g/mol. The molecule has 3 heterocycles. The van der Waals surface area contributed by atoms with Gasteiger partial charge in [-0.15, -0.1) is 0 Å². The first kappa shape index (κ1) is 23.6. The van der Waals surface area contributed by atoms with Crippen molar-refractivity contribution in [2.45, 2.75) is 20.8 Å². The van der Waals surface area contributed by atoms with E-state index in [2.05, 4.69) is 14.7 Å². The number of rotatable bonds is 6. The van der Waals surface area contributed by atoms with Crippen LogP contribution >= 0.6 is 11.8 Å². The highest BCUT2D eigenvalue weighted by atomic mass is 32.2. The fraction of sp³-hybridized carbons (Fsp3) is 0.185. The van der Waals surface area contributed by atoms with Gasteiger partial charge in [0, 0.05) is 23.1 Å². The van der Waals surface area contributed by atoms with Gasteiger partial charge in [-0.1, -0.05) is 24.3 Å². The van der Waals surface area contributed by atoms with Gasteiger partial charge in [0.1, 0.15) is 23.1 Å². The van der Waals surface area contributed by atoms with E-state index >= 15 is 0 Å². The number of thioether (sulfide) groups is 1. The summed E-state index contributed by atoms with van der Waals surface area (Å²) in [5.41, 5.74) is 4.94. The number of amidine groups is 2. The average molecular weight is 500 g/mol. The minimum atomic E-state index is -0.457. The predicted octanol–water partition coefficient (Wildman–Crippen LogP) is 5.11. The number of methoxy groups -OCH3 is 1. The molecule has 9 heteroatoms. The van der Waals surface area contributed by atoms with Crippen LogP contribution in [0.5, 0.6) is 11.5 Å². The van der Waals surface area contributed by atoms with E-state index in [4.69, 9.17) is 14.9 Å². The Bertz CT molecular complexity index is 1480. The molecule has 3 aromatic rings. The molecule has 5 rings (SSSR count). The number of hydrogen-bond donors (Lipinski definition) is 1. The average Bonchev–Trinajstić information content (AvgIpc) is 3.40. The molecule has 0 bridgehead atoms. The topological polar surface area (TPSA) is 92.3 Å². The second-order valence-electron chi connectivity index (χ2n) is 8.43. The number of nitrogens with one attached hydrogen (secondary N) is 1. The number of nitrogens with zero attached hydrogens (tertiary/aromatic N) is 4. The van der Waals surface area contributed by atoms with E-state index in [9.17, 15) is 4.79 Å². The van der Waals surface area contributed by atoms with E-state index in [-0.39, 0.29) is 18.0 Å².